The lowest BCUT2D eigenvalue weighted by atomic mass is 10.2. The van der Waals surface area contributed by atoms with Gasteiger partial charge in [-0.3, -0.25) is 0 Å². The van der Waals surface area contributed by atoms with Gasteiger partial charge in [-0.1, -0.05) is 454 Å². The number of nitrogens with zero attached hydrogens (tertiary/aromatic N) is 6. The van der Waals surface area contributed by atoms with E-state index in [1.165, 1.54) is 48.5 Å². The van der Waals surface area contributed by atoms with Gasteiger partial charge in [-0.05, 0) is 213 Å². The van der Waals surface area contributed by atoms with Gasteiger partial charge in [0.25, 0.3) is 0 Å². The predicted molar refractivity (Wildman–Crippen MR) is 638 cm³/mol. The molecular weight excluding hydrogens is 1720 g/mol. The Kier molecular flexibility index (Phi) is 99.3. The first-order valence-electron chi connectivity index (χ1n) is 51.4. The van der Waals surface area contributed by atoms with E-state index in [0.29, 0.717) is 0 Å². The second kappa shape index (κ2) is 95.2. The van der Waals surface area contributed by atoms with Gasteiger partial charge in [-0.25, -0.2) is 19.9 Å². The minimum Gasteiger partial charge on any atom is -0.464 e. The number of para-hydroxylation sites is 10. The van der Waals surface area contributed by atoms with Crippen molar-refractivity contribution >= 4 is 109 Å². The molecule has 0 fully saturated rings. The zero-order valence-corrected chi connectivity index (χ0v) is 99.6. The van der Waals surface area contributed by atoms with Crippen LogP contribution in [0.4, 0.5) is 0 Å². The molecule has 138 heavy (non-hydrogen) atoms. The predicted octanol–water partition coefficient (Wildman–Crippen LogP) is 43.5. The molecule has 780 valence electrons. The van der Waals surface area contributed by atoms with Crippen LogP contribution in [0.3, 0.4) is 0 Å². The Labute approximate surface area is 859 Å². The first-order chi connectivity index (χ1) is 64.3. The summed E-state index contributed by atoms with van der Waals surface area (Å²) in [5.74, 6) is 13.3. The number of oxazole rings is 1. The average molecular weight is 1940 g/mol. The minimum atomic E-state index is 0.833. The number of nitrogens with one attached hydrogen (secondary N) is 2. The van der Waals surface area contributed by atoms with Gasteiger partial charge in [-0.15, -0.1) is 22.7 Å². The molecule has 0 aliphatic carbocycles. The number of imidazole rings is 2. The maximum absolute atomic E-state index is 5.12. The Balaban J connectivity index is -0.000000216. The Morgan fingerprint density at radius 1 is 0.239 bits per heavy atom. The lowest BCUT2D eigenvalue weighted by Gasteiger charge is -1.92. The second-order valence-electron chi connectivity index (χ2n) is 44.1. The van der Waals surface area contributed by atoms with Crippen LogP contribution >= 0.6 is 22.7 Å². The number of hydrogen-bond acceptors (Lipinski definition) is 8. The van der Waals surface area contributed by atoms with Crippen molar-refractivity contribution in [3.05, 3.63) is 267 Å². The standard InChI is InChI=1S/C9H9N.C8H8N2.C8H7N.C8H6O.C8H6S.C7H6N2.C7H5NO.C7H5NS.16C4H10/c1-10-7-6-8-4-2-3-5-9(8)10;1-10-6-9-7-4-2-3-5-8(7)10;3*1-2-4-8-7(3-1)5-6-9-8;3*1-2-4-7-6(3-1)8-5-9-7;16*1-4(2)3/h2-7H,1H3;2-6H,1H3;1-6,9H;2*1-6H;1-5H,(H,8,9);2*1-5H;16*4H,1-3H3. The second-order valence-corrected chi connectivity index (χ2v) is 45.9. The normalized spacial score (nSPS) is 9.70. The Bertz CT molecular complexity index is 4090. The molecule has 0 atom stereocenters. The number of hydrogen-bond donors (Lipinski definition) is 2. The number of thiazole rings is 1. The summed E-state index contributed by atoms with van der Waals surface area (Å²) in [6.45, 7) is 104. The third kappa shape index (κ3) is 114. The summed E-state index contributed by atoms with van der Waals surface area (Å²) >= 11 is 3.46. The Morgan fingerprint density at radius 2 is 0.580 bits per heavy atom. The Hall–Kier alpha value is -9.36. The van der Waals surface area contributed by atoms with Crippen LogP contribution in [0.2, 0.25) is 0 Å². The molecule has 8 aromatic carbocycles. The number of aryl methyl sites for hydroxylation is 2. The van der Waals surface area contributed by atoms with E-state index < -0.39 is 0 Å². The summed E-state index contributed by atoms with van der Waals surface area (Å²) in [6.07, 6.45) is 10.7. The molecule has 0 radical (unpaired) electrons. The number of rotatable bonds is 0. The molecule has 12 heteroatoms. The molecule has 16 aromatic rings. The van der Waals surface area contributed by atoms with Gasteiger partial charge in [0, 0.05) is 47.6 Å². The molecule has 0 amide bonds. The summed E-state index contributed by atoms with van der Waals surface area (Å²) in [7, 11) is 4.05. The zero-order valence-electron chi connectivity index (χ0n) is 98.0. The van der Waals surface area contributed by atoms with Crippen molar-refractivity contribution < 1.29 is 8.83 Å². The first-order valence-corrected chi connectivity index (χ1v) is 53.2. The van der Waals surface area contributed by atoms with Crippen LogP contribution in [-0.4, -0.2) is 39.0 Å². The topological polar surface area (TPSA) is 119 Å². The maximum atomic E-state index is 5.12. The Morgan fingerprint density at radius 3 is 0.971 bits per heavy atom. The van der Waals surface area contributed by atoms with E-state index in [9.17, 15) is 0 Å². The van der Waals surface area contributed by atoms with E-state index >= 15 is 0 Å². The van der Waals surface area contributed by atoms with E-state index in [1.807, 2.05) is 157 Å². The zero-order chi connectivity index (χ0) is 108. The number of aromatic amines is 2. The quantitative estimate of drug-likeness (QED) is 0.156. The summed E-state index contributed by atoms with van der Waals surface area (Å²) < 4.78 is 16.9. The molecule has 8 heterocycles. The number of benzene rings is 8. The monoisotopic (exact) mass is 1930 g/mol. The molecule has 0 spiro atoms. The molecule has 10 nitrogen and oxygen atoms in total. The van der Waals surface area contributed by atoms with Crippen molar-refractivity contribution in [3.8, 4) is 0 Å². The highest BCUT2D eigenvalue weighted by atomic mass is 32.1. The molecular formula is C126H212N8O2S2. The van der Waals surface area contributed by atoms with Gasteiger partial charge in [0.05, 0.1) is 56.7 Å². The van der Waals surface area contributed by atoms with E-state index in [4.69, 9.17) is 8.83 Å². The number of furan rings is 1. The highest BCUT2D eigenvalue weighted by molar-refractivity contribution is 7.17. The number of fused-ring (bicyclic) bond motifs is 8. The highest BCUT2D eigenvalue weighted by Crippen LogP contribution is 2.20. The number of aromatic nitrogens is 8. The van der Waals surface area contributed by atoms with Crippen LogP contribution in [0.5, 0.6) is 0 Å². The largest absolute Gasteiger partial charge is 0.464 e. The summed E-state index contributed by atoms with van der Waals surface area (Å²) in [6, 6.07) is 73.0. The highest BCUT2D eigenvalue weighted by Gasteiger charge is 1.98. The van der Waals surface area contributed by atoms with Crippen LogP contribution in [-0.2, 0) is 14.1 Å². The fourth-order valence-corrected chi connectivity index (χ4v) is 9.07. The van der Waals surface area contributed by atoms with Gasteiger partial charge in [-0.2, -0.15) is 0 Å². The van der Waals surface area contributed by atoms with Crippen molar-refractivity contribution in [2.75, 3.05) is 0 Å². The molecule has 0 aliphatic heterocycles. The lowest BCUT2D eigenvalue weighted by molar-refractivity contribution is 0.602. The van der Waals surface area contributed by atoms with Crippen LogP contribution in [0.15, 0.2) is 276 Å². The van der Waals surface area contributed by atoms with Crippen LogP contribution in [0.1, 0.15) is 332 Å². The number of H-pyrrole nitrogens is 2. The fourth-order valence-electron chi connectivity index (χ4n) is 7.60. The van der Waals surface area contributed by atoms with Crippen LogP contribution < -0.4 is 0 Å². The third-order valence-corrected chi connectivity index (χ3v) is 13.1. The molecule has 0 aliphatic rings. The summed E-state index contributed by atoms with van der Waals surface area (Å²) in [5, 5.41) is 7.22. The molecule has 2 N–H and O–H groups in total. The van der Waals surface area contributed by atoms with Crippen molar-refractivity contribution in [1.82, 2.24) is 39.0 Å². The summed E-state index contributed by atoms with van der Waals surface area (Å²) in [5.41, 5.74) is 12.5. The van der Waals surface area contributed by atoms with Crippen molar-refractivity contribution in [2.24, 2.45) is 109 Å². The van der Waals surface area contributed by atoms with Crippen LogP contribution in [0.25, 0.3) is 86.2 Å². The van der Waals surface area contributed by atoms with Crippen molar-refractivity contribution in [3.63, 3.8) is 0 Å². The van der Waals surface area contributed by atoms with E-state index in [-0.39, 0.29) is 0 Å². The van der Waals surface area contributed by atoms with Gasteiger partial charge in [0.15, 0.2) is 12.0 Å². The SMILES string of the molecule is CC(C)C.CC(C)C.CC(C)C.CC(C)C.CC(C)C.CC(C)C.CC(C)C.CC(C)C.CC(C)C.CC(C)C.CC(C)C.CC(C)C.CC(C)C.CC(C)C.CC(C)C.CC(C)C.Cn1ccc2ccccc21.Cn1cnc2ccccc21.c1ccc2[nH]ccc2c1.c1ccc2[nH]cnc2c1.c1ccc2occc2c1.c1ccc2ocnc2c1.c1ccc2sccc2c1.c1ccc2scnc2c1. The van der Waals surface area contributed by atoms with Crippen molar-refractivity contribution in [1.29, 1.82) is 0 Å². The van der Waals surface area contributed by atoms with E-state index in [0.717, 1.165) is 139 Å². The molecule has 8 aromatic heterocycles. The molecule has 0 unspecified atom stereocenters. The molecule has 0 saturated heterocycles. The lowest BCUT2D eigenvalue weighted by Crippen LogP contribution is -1.81. The van der Waals surface area contributed by atoms with Crippen LogP contribution in [0, 0.1) is 94.7 Å². The van der Waals surface area contributed by atoms with Gasteiger partial charge >= 0.3 is 0 Å². The summed E-state index contributed by atoms with van der Waals surface area (Å²) in [4.78, 5) is 22.5. The molecule has 16 rings (SSSR count). The van der Waals surface area contributed by atoms with E-state index in [1.54, 1.807) is 35.3 Å². The first kappa shape index (κ1) is 144. The van der Waals surface area contributed by atoms with Crippen molar-refractivity contribution in [2.45, 2.75) is 332 Å². The molecule has 0 saturated carbocycles. The average Bonchev–Trinajstić information content (AvgIpc) is 1.70. The van der Waals surface area contributed by atoms with Gasteiger partial charge in [0.1, 0.15) is 11.1 Å². The molecule has 0 bridgehead atoms. The smallest absolute Gasteiger partial charge is 0.181 e. The fraction of sp³-hybridized carbons (Fsp3) is 0.524. The van der Waals surface area contributed by atoms with Gasteiger partial charge in [0.2, 0.25) is 0 Å². The number of thiophene rings is 1. The van der Waals surface area contributed by atoms with E-state index in [2.05, 4.69) is 476 Å². The van der Waals surface area contributed by atoms with Gasteiger partial charge < -0.3 is 27.9 Å². The minimum absolute atomic E-state index is 0.833. The third-order valence-electron chi connectivity index (χ3n) is 11.4. The maximum Gasteiger partial charge on any atom is 0.181 e.